The van der Waals surface area contributed by atoms with E-state index >= 15 is 0 Å². The number of hydrogen-bond donors (Lipinski definition) is 0. The van der Waals surface area contributed by atoms with Gasteiger partial charge in [-0.2, -0.15) is 0 Å². The Morgan fingerprint density at radius 2 is 1.53 bits per heavy atom. The lowest BCUT2D eigenvalue weighted by Crippen LogP contribution is -2.08. The van der Waals surface area contributed by atoms with E-state index in [1.165, 1.54) is 0 Å². The van der Waals surface area contributed by atoms with Crippen LogP contribution in [0.4, 0.5) is 0 Å². The van der Waals surface area contributed by atoms with Gasteiger partial charge in [0.1, 0.15) is 5.75 Å². The number of ether oxygens (including phenoxy) is 3. The molecule has 0 aliphatic rings. The van der Waals surface area contributed by atoms with Crippen molar-refractivity contribution in [3.8, 4) is 5.75 Å². The fourth-order valence-electron chi connectivity index (χ4n) is 1.48. The van der Waals surface area contributed by atoms with Crippen molar-refractivity contribution in [2.75, 3.05) is 19.8 Å². The lowest BCUT2D eigenvalue weighted by Gasteiger charge is -2.17. The highest BCUT2D eigenvalue weighted by Crippen LogP contribution is 2.21. The minimum atomic E-state index is -0.273. The molecule has 0 heterocycles. The largest absolute Gasteiger partial charge is 0.494 e. The van der Waals surface area contributed by atoms with Crippen LogP contribution in [0, 0.1) is 0 Å². The summed E-state index contributed by atoms with van der Waals surface area (Å²) < 4.78 is 16.6. The van der Waals surface area contributed by atoms with Gasteiger partial charge in [-0.3, -0.25) is 0 Å². The molecule has 0 atom stereocenters. The van der Waals surface area contributed by atoms with Crippen molar-refractivity contribution in [2.45, 2.75) is 33.5 Å². The van der Waals surface area contributed by atoms with Gasteiger partial charge >= 0.3 is 0 Å². The normalized spacial score (nSPS) is 10.8. The molecule has 17 heavy (non-hydrogen) atoms. The number of benzene rings is 1. The maximum atomic E-state index is 5.53. The molecule has 96 valence electrons. The molecule has 0 aliphatic carbocycles. The Morgan fingerprint density at radius 3 is 2.00 bits per heavy atom. The van der Waals surface area contributed by atoms with Crippen LogP contribution in [0.2, 0.25) is 0 Å². The van der Waals surface area contributed by atoms with Gasteiger partial charge in [0.05, 0.1) is 6.61 Å². The van der Waals surface area contributed by atoms with E-state index in [-0.39, 0.29) is 6.29 Å². The summed E-state index contributed by atoms with van der Waals surface area (Å²) in [4.78, 5) is 0. The topological polar surface area (TPSA) is 27.7 Å². The molecule has 1 aromatic carbocycles. The van der Waals surface area contributed by atoms with Gasteiger partial charge in [0.2, 0.25) is 0 Å². The van der Waals surface area contributed by atoms with Crippen LogP contribution in [0.5, 0.6) is 5.75 Å². The van der Waals surface area contributed by atoms with Crippen molar-refractivity contribution in [1.82, 2.24) is 0 Å². The van der Waals surface area contributed by atoms with Gasteiger partial charge in [0.25, 0.3) is 0 Å². The summed E-state index contributed by atoms with van der Waals surface area (Å²) >= 11 is 0. The Kier molecular flexibility index (Phi) is 6.67. The highest BCUT2D eigenvalue weighted by molar-refractivity contribution is 5.27. The molecule has 1 rings (SSSR count). The first-order chi connectivity index (χ1) is 8.31. The molecule has 1 aromatic rings. The minimum absolute atomic E-state index is 0.273. The van der Waals surface area contributed by atoms with E-state index < -0.39 is 0 Å². The second-order valence-corrected chi connectivity index (χ2v) is 3.66. The highest BCUT2D eigenvalue weighted by Gasteiger charge is 2.10. The maximum Gasteiger partial charge on any atom is 0.183 e. The van der Waals surface area contributed by atoms with Gasteiger partial charge in [-0.05, 0) is 32.4 Å². The van der Waals surface area contributed by atoms with E-state index in [4.69, 9.17) is 14.2 Å². The average Bonchev–Trinajstić information content (AvgIpc) is 2.37. The fourth-order valence-corrected chi connectivity index (χ4v) is 1.48. The molecular formula is C14H22O3. The van der Waals surface area contributed by atoms with Crippen LogP contribution in [0.1, 0.15) is 39.0 Å². The van der Waals surface area contributed by atoms with Crippen LogP contribution >= 0.6 is 0 Å². The van der Waals surface area contributed by atoms with Crippen LogP contribution in [-0.2, 0) is 9.47 Å². The molecule has 0 bridgehead atoms. The molecule has 0 radical (unpaired) electrons. The second kappa shape index (κ2) is 8.09. The monoisotopic (exact) mass is 238 g/mol. The molecule has 0 spiro atoms. The second-order valence-electron chi connectivity index (χ2n) is 3.66. The summed E-state index contributed by atoms with van der Waals surface area (Å²) in [5, 5.41) is 0. The van der Waals surface area contributed by atoms with E-state index in [1.54, 1.807) is 0 Å². The van der Waals surface area contributed by atoms with Gasteiger partial charge in [-0.25, -0.2) is 0 Å². The van der Waals surface area contributed by atoms with Crippen molar-refractivity contribution in [1.29, 1.82) is 0 Å². The summed E-state index contributed by atoms with van der Waals surface area (Å²) in [7, 11) is 0. The van der Waals surface area contributed by atoms with Crippen molar-refractivity contribution in [2.24, 2.45) is 0 Å². The summed E-state index contributed by atoms with van der Waals surface area (Å²) in [6, 6.07) is 7.88. The predicted octanol–water partition coefficient (Wildman–Crippen LogP) is 3.55. The third-order valence-electron chi connectivity index (χ3n) is 2.26. The molecule has 3 heteroatoms. The molecule has 0 unspecified atom stereocenters. The van der Waals surface area contributed by atoms with Crippen molar-refractivity contribution in [3.63, 3.8) is 0 Å². The van der Waals surface area contributed by atoms with Gasteiger partial charge in [-0.15, -0.1) is 0 Å². The third kappa shape index (κ3) is 4.75. The lowest BCUT2D eigenvalue weighted by molar-refractivity contribution is -0.140. The van der Waals surface area contributed by atoms with Gasteiger partial charge in [0.15, 0.2) is 6.29 Å². The van der Waals surface area contributed by atoms with E-state index in [0.717, 1.165) is 24.3 Å². The van der Waals surface area contributed by atoms with Crippen LogP contribution in [0.3, 0.4) is 0 Å². The number of hydrogen-bond acceptors (Lipinski definition) is 3. The molecule has 3 nitrogen and oxygen atoms in total. The molecule has 0 aromatic heterocycles. The van der Waals surface area contributed by atoms with Gasteiger partial charge < -0.3 is 14.2 Å². The standard InChI is InChI=1S/C14H22O3/c1-4-11-17-13-9-7-12(8-10-13)14(15-5-2)16-6-3/h7-10,14H,4-6,11H2,1-3H3. The van der Waals surface area contributed by atoms with Crippen LogP contribution in [0.15, 0.2) is 24.3 Å². The molecule has 0 N–H and O–H groups in total. The Hall–Kier alpha value is -1.06. The SMILES string of the molecule is CCCOc1ccc(C(OCC)OCC)cc1. The van der Waals surface area contributed by atoms with Crippen molar-refractivity contribution in [3.05, 3.63) is 29.8 Å². The fraction of sp³-hybridized carbons (Fsp3) is 0.571. The summed E-state index contributed by atoms with van der Waals surface area (Å²) in [5.41, 5.74) is 1.03. The van der Waals surface area contributed by atoms with Gasteiger partial charge in [-0.1, -0.05) is 19.1 Å². The summed E-state index contributed by atoms with van der Waals surface area (Å²) in [6.45, 7) is 8.04. The average molecular weight is 238 g/mol. The highest BCUT2D eigenvalue weighted by atomic mass is 16.7. The van der Waals surface area contributed by atoms with Crippen molar-refractivity contribution >= 4 is 0 Å². The molecule has 0 fully saturated rings. The first kappa shape index (κ1) is 14.0. The molecule has 0 saturated heterocycles. The van der Waals surface area contributed by atoms with Gasteiger partial charge in [0, 0.05) is 18.8 Å². The first-order valence-corrected chi connectivity index (χ1v) is 6.27. The van der Waals surface area contributed by atoms with E-state index in [2.05, 4.69) is 6.92 Å². The Balaban J connectivity index is 2.63. The van der Waals surface area contributed by atoms with Crippen LogP contribution in [-0.4, -0.2) is 19.8 Å². The Morgan fingerprint density at radius 1 is 0.941 bits per heavy atom. The molecule has 0 saturated carbocycles. The molecule has 0 amide bonds. The van der Waals surface area contributed by atoms with Crippen LogP contribution < -0.4 is 4.74 Å². The van der Waals surface area contributed by atoms with E-state index in [1.807, 2.05) is 38.1 Å². The Bertz CT molecular complexity index is 289. The quantitative estimate of drug-likeness (QED) is 0.648. The zero-order chi connectivity index (χ0) is 12.5. The van der Waals surface area contributed by atoms with E-state index in [9.17, 15) is 0 Å². The zero-order valence-corrected chi connectivity index (χ0v) is 10.9. The first-order valence-electron chi connectivity index (χ1n) is 6.27. The summed E-state index contributed by atoms with van der Waals surface area (Å²) in [5.74, 6) is 0.891. The maximum absolute atomic E-state index is 5.53. The molecular weight excluding hydrogens is 216 g/mol. The smallest absolute Gasteiger partial charge is 0.183 e. The Labute approximate surface area is 104 Å². The molecule has 0 aliphatic heterocycles. The lowest BCUT2D eigenvalue weighted by atomic mass is 10.2. The predicted molar refractivity (Wildman–Crippen MR) is 68.2 cm³/mol. The van der Waals surface area contributed by atoms with E-state index in [0.29, 0.717) is 13.2 Å². The third-order valence-corrected chi connectivity index (χ3v) is 2.26. The van der Waals surface area contributed by atoms with Crippen LogP contribution in [0.25, 0.3) is 0 Å². The summed E-state index contributed by atoms with van der Waals surface area (Å²) in [6.07, 6.45) is 0.743. The minimum Gasteiger partial charge on any atom is -0.494 e. The van der Waals surface area contributed by atoms with Crippen molar-refractivity contribution < 1.29 is 14.2 Å². The number of rotatable bonds is 8. The zero-order valence-electron chi connectivity index (χ0n) is 10.9.